The van der Waals surface area contributed by atoms with Gasteiger partial charge in [-0.3, -0.25) is 9.59 Å². The molecule has 1 heterocycles. The van der Waals surface area contributed by atoms with Crippen molar-refractivity contribution in [1.82, 2.24) is 0 Å². The molecule has 1 aliphatic heterocycles. The van der Waals surface area contributed by atoms with Crippen LogP contribution in [0.5, 0.6) is 0 Å². The SMILES string of the molecule is O=C(Nc1ccc(C(F)(F)F)cc1)C1CCN(c2ccc3ccccc3c2)C1=O. The lowest BCUT2D eigenvalue weighted by molar-refractivity contribution is -0.137. The summed E-state index contributed by atoms with van der Waals surface area (Å²) in [6.07, 6.45) is -4.09. The molecule has 29 heavy (non-hydrogen) atoms. The van der Waals surface area contributed by atoms with E-state index in [0.29, 0.717) is 13.0 Å². The molecule has 4 nitrogen and oxygen atoms in total. The van der Waals surface area contributed by atoms with E-state index in [1.165, 1.54) is 12.1 Å². The topological polar surface area (TPSA) is 49.4 Å². The molecule has 1 fully saturated rings. The molecular weight excluding hydrogens is 381 g/mol. The van der Waals surface area contributed by atoms with Crippen LogP contribution >= 0.6 is 0 Å². The van der Waals surface area contributed by atoms with Crippen molar-refractivity contribution in [2.75, 3.05) is 16.8 Å². The van der Waals surface area contributed by atoms with Gasteiger partial charge < -0.3 is 10.2 Å². The highest BCUT2D eigenvalue weighted by molar-refractivity contribution is 6.13. The number of nitrogens with one attached hydrogen (secondary N) is 1. The van der Waals surface area contributed by atoms with E-state index in [9.17, 15) is 22.8 Å². The minimum absolute atomic E-state index is 0.222. The normalized spacial score (nSPS) is 17.0. The van der Waals surface area contributed by atoms with E-state index in [1.54, 1.807) is 4.90 Å². The molecule has 1 N–H and O–H groups in total. The second kappa shape index (κ2) is 7.24. The highest BCUT2D eigenvalue weighted by atomic mass is 19.4. The maximum absolute atomic E-state index is 12.8. The van der Waals surface area contributed by atoms with Gasteiger partial charge in [0.2, 0.25) is 11.8 Å². The van der Waals surface area contributed by atoms with Gasteiger partial charge in [0, 0.05) is 17.9 Å². The second-order valence-electron chi connectivity index (χ2n) is 6.93. The Morgan fingerprint density at radius 3 is 2.34 bits per heavy atom. The summed E-state index contributed by atoms with van der Waals surface area (Å²) in [5.41, 5.74) is 0.147. The van der Waals surface area contributed by atoms with Crippen LogP contribution in [0.15, 0.2) is 66.7 Å². The van der Waals surface area contributed by atoms with E-state index in [-0.39, 0.29) is 11.6 Å². The minimum atomic E-state index is -4.44. The fourth-order valence-electron chi connectivity index (χ4n) is 3.50. The van der Waals surface area contributed by atoms with Gasteiger partial charge in [0.1, 0.15) is 5.92 Å². The molecule has 1 atom stereocenters. The zero-order valence-electron chi connectivity index (χ0n) is 15.2. The van der Waals surface area contributed by atoms with Crippen molar-refractivity contribution < 1.29 is 22.8 Å². The maximum atomic E-state index is 12.8. The van der Waals surface area contributed by atoms with Crippen LogP contribution < -0.4 is 10.2 Å². The summed E-state index contributed by atoms with van der Waals surface area (Å²) in [5, 5.41) is 4.59. The molecule has 4 rings (SSSR count). The summed E-state index contributed by atoms with van der Waals surface area (Å²) in [6.45, 7) is 0.405. The van der Waals surface area contributed by atoms with Gasteiger partial charge in [-0.15, -0.1) is 0 Å². The quantitative estimate of drug-likeness (QED) is 0.641. The summed E-state index contributed by atoms with van der Waals surface area (Å²) >= 11 is 0. The number of hydrogen-bond acceptors (Lipinski definition) is 2. The molecule has 148 valence electrons. The molecule has 7 heteroatoms. The average Bonchev–Trinajstić information content (AvgIpc) is 3.09. The summed E-state index contributed by atoms with van der Waals surface area (Å²) in [7, 11) is 0. The van der Waals surface area contributed by atoms with Gasteiger partial charge in [0.15, 0.2) is 0 Å². The van der Waals surface area contributed by atoms with Gasteiger partial charge in [-0.1, -0.05) is 30.3 Å². The van der Waals surface area contributed by atoms with E-state index < -0.39 is 23.6 Å². The average molecular weight is 398 g/mol. The molecule has 3 aromatic carbocycles. The number of hydrogen-bond donors (Lipinski definition) is 1. The lowest BCUT2D eigenvalue weighted by Crippen LogP contribution is -2.33. The van der Waals surface area contributed by atoms with Crippen LogP contribution in [0.2, 0.25) is 0 Å². The van der Waals surface area contributed by atoms with Gasteiger partial charge >= 0.3 is 6.18 Å². The molecule has 2 amide bonds. The van der Waals surface area contributed by atoms with Crippen molar-refractivity contribution in [3.63, 3.8) is 0 Å². The maximum Gasteiger partial charge on any atom is 0.416 e. The van der Waals surface area contributed by atoms with Gasteiger partial charge in [-0.25, -0.2) is 0 Å². The molecule has 0 aliphatic carbocycles. The third-order valence-corrected chi connectivity index (χ3v) is 5.05. The first-order valence-electron chi connectivity index (χ1n) is 9.11. The standard InChI is InChI=1S/C22H17F3N2O2/c23-22(24,25)16-6-8-17(9-7-16)26-20(28)19-11-12-27(21(19)29)18-10-5-14-3-1-2-4-15(14)13-18/h1-10,13,19H,11-12H2,(H,26,28). The van der Waals surface area contributed by atoms with Crippen molar-refractivity contribution >= 4 is 34.0 Å². The van der Waals surface area contributed by atoms with E-state index in [0.717, 1.165) is 28.6 Å². The first-order chi connectivity index (χ1) is 13.8. The number of fused-ring (bicyclic) bond motifs is 1. The zero-order chi connectivity index (χ0) is 20.6. The third-order valence-electron chi connectivity index (χ3n) is 5.05. The Morgan fingerprint density at radius 1 is 0.966 bits per heavy atom. The van der Waals surface area contributed by atoms with Crippen molar-refractivity contribution in [3.8, 4) is 0 Å². The number of alkyl halides is 3. The Morgan fingerprint density at radius 2 is 1.66 bits per heavy atom. The monoisotopic (exact) mass is 398 g/mol. The summed E-state index contributed by atoms with van der Waals surface area (Å²) in [5.74, 6) is -1.70. The van der Waals surface area contributed by atoms with Crippen LogP contribution in [-0.2, 0) is 15.8 Å². The molecule has 0 radical (unpaired) electrons. The van der Waals surface area contributed by atoms with Gasteiger partial charge in [0.25, 0.3) is 0 Å². The number of carbonyl (C=O) groups excluding carboxylic acids is 2. The fraction of sp³-hybridized carbons (Fsp3) is 0.182. The van der Waals surface area contributed by atoms with Gasteiger partial charge in [-0.05, 0) is 53.6 Å². The summed E-state index contributed by atoms with van der Waals surface area (Å²) in [6, 6.07) is 17.6. The van der Waals surface area contributed by atoms with Gasteiger partial charge in [0.05, 0.1) is 5.56 Å². The number of rotatable bonds is 3. The Hall–Kier alpha value is -3.35. The number of amides is 2. The van der Waals surface area contributed by atoms with Crippen LogP contribution in [0.25, 0.3) is 10.8 Å². The molecule has 0 saturated carbocycles. The molecule has 1 aliphatic rings. The first kappa shape index (κ1) is 19.0. The van der Waals surface area contributed by atoms with Crippen LogP contribution in [-0.4, -0.2) is 18.4 Å². The highest BCUT2D eigenvalue weighted by Gasteiger charge is 2.38. The molecule has 1 saturated heterocycles. The molecule has 1 unspecified atom stereocenters. The van der Waals surface area contributed by atoms with Crippen LogP contribution in [0, 0.1) is 5.92 Å². The molecular formula is C22H17F3N2O2. The third kappa shape index (κ3) is 3.81. The number of carbonyl (C=O) groups is 2. The molecule has 0 aromatic heterocycles. The molecule has 0 bridgehead atoms. The number of anilines is 2. The van der Waals surface area contributed by atoms with Crippen molar-refractivity contribution in [3.05, 3.63) is 72.3 Å². The predicted octanol–water partition coefficient (Wildman–Crippen LogP) is 4.85. The predicted molar refractivity (Wildman–Crippen MR) is 104 cm³/mol. The van der Waals surface area contributed by atoms with Crippen LogP contribution in [0.4, 0.5) is 24.5 Å². The minimum Gasteiger partial charge on any atom is -0.325 e. The Balaban J connectivity index is 1.47. The Kier molecular flexibility index (Phi) is 4.74. The fourth-order valence-corrected chi connectivity index (χ4v) is 3.50. The van der Waals surface area contributed by atoms with Crippen molar-refractivity contribution in [2.24, 2.45) is 5.92 Å². The van der Waals surface area contributed by atoms with Crippen LogP contribution in [0.1, 0.15) is 12.0 Å². The number of benzene rings is 3. The van der Waals surface area contributed by atoms with Crippen molar-refractivity contribution in [1.29, 1.82) is 0 Å². The number of nitrogens with zero attached hydrogens (tertiary/aromatic N) is 1. The lowest BCUT2D eigenvalue weighted by atomic mass is 10.1. The van der Waals surface area contributed by atoms with E-state index in [2.05, 4.69) is 5.32 Å². The van der Waals surface area contributed by atoms with E-state index >= 15 is 0 Å². The Labute approximate surface area is 164 Å². The van der Waals surface area contributed by atoms with Crippen LogP contribution in [0.3, 0.4) is 0 Å². The van der Waals surface area contributed by atoms with E-state index in [1.807, 2.05) is 42.5 Å². The lowest BCUT2D eigenvalue weighted by Gasteiger charge is -2.17. The highest BCUT2D eigenvalue weighted by Crippen LogP contribution is 2.31. The zero-order valence-corrected chi connectivity index (χ0v) is 15.2. The molecule has 0 spiro atoms. The van der Waals surface area contributed by atoms with E-state index in [4.69, 9.17) is 0 Å². The molecule has 3 aromatic rings. The smallest absolute Gasteiger partial charge is 0.325 e. The largest absolute Gasteiger partial charge is 0.416 e. The first-order valence-corrected chi connectivity index (χ1v) is 9.11. The Bertz CT molecular complexity index is 1080. The summed E-state index contributed by atoms with van der Waals surface area (Å²) in [4.78, 5) is 26.9. The van der Waals surface area contributed by atoms with Gasteiger partial charge in [-0.2, -0.15) is 13.2 Å². The summed E-state index contributed by atoms with van der Waals surface area (Å²) < 4.78 is 37.9. The van der Waals surface area contributed by atoms with Crippen molar-refractivity contribution in [2.45, 2.75) is 12.6 Å². The number of halogens is 3. The second-order valence-corrected chi connectivity index (χ2v) is 6.93.